The number of hydrogen-bond acceptors (Lipinski definition) is 5. The fourth-order valence-electron chi connectivity index (χ4n) is 4.65. The van der Waals surface area contributed by atoms with Crippen LogP contribution in [-0.4, -0.2) is 39.9 Å². The maximum atomic E-state index is 12.4. The number of carbonyl (C=O) groups excluding carboxylic acids is 1. The van der Waals surface area contributed by atoms with Gasteiger partial charge in [0.25, 0.3) is 0 Å². The Morgan fingerprint density at radius 2 is 1.95 bits per heavy atom. The van der Waals surface area contributed by atoms with Crippen LogP contribution in [0, 0.1) is 10.8 Å². The maximum Gasteiger partial charge on any atom is 0.168 e. The van der Waals surface area contributed by atoms with Gasteiger partial charge in [-0.25, -0.2) is 9.78 Å². The van der Waals surface area contributed by atoms with Crippen molar-refractivity contribution in [3.05, 3.63) is 0 Å². The van der Waals surface area contributed by atoms with E-state index in [-0.39, 0.29) is 23.2 Å². The fraction of sp³-hybridized carbons (Fsp3) is 0.933. The molecule has 2 aliphatic carbocycles. The molecule has 0 aromatic rings. The maximum absolute atomic E-state index is 12.4. The Morgan fingerprint density at radius 1 is 1.25 bits per heavy atom. The molecule has 3 rings (SSSR count). The molecule has 1 spiro atoms. The summed E-state index contributed by atoms with van der Waals surface area (Å²) in [6, 6.07) is 0. The van der Waals surface area contributed by atoms with Gasteiger partial charge in [0.2, 0.25) is 0 Å². The zero-order chi connectivity index (χ0) is 14.8. The molecule has 20 heavy (non-hydrogen) atoms. The van der Waals surface area contributed by atoms with Crippen LogP contribution in [0.1, 0.15) is 52.9 Å². The minimum atomic E-state index is -1.26. The Kier molecular flexibility index (Phi) is 2.91. The molecule has 1 saturated heterocycles. The Bertz CT molecular complexity index is 448. The van der Waals surface area contributed by atoms with Gasteiger partial charge in [0, 0.05) is 11.8 Å². The lowest BCUT2D eigenvalue weighted by Crippen LogP contribution is -2.72. The van der Waals surface area contributed by atoms with E-state index in [1.807, 2.05) is 6.92 Å². The summed E-state index contributed by atoms with van der Waals surface area (Å²) in [5.41, 5.74) is -2.60. The smallest absolute Gasteiger partial charge is 0.168 e. The van der Waals surface area contributed by atoms with Gasteiger partial charge in [-0.05, 0) is 38.0 Å². The van der Waals surface area contributed by atoms with Gasteiger partial charge in [-0.15, -0.1) is 0 Å². The second kappa shape index (κ2) is 4.03. The van der Waals surface area contributed by atoms with Crippen LogP contribution in [0.3, 0.4) is 0 Å². The summed E-state index contributed by atoms with van der Waals surface area (Å²) in [6.07, 6.45) is 2.42. The van der Waals surface area contributed by atoms with E-state index < -0.39 is 17.3 Å². The van der Waals surface area contributed by atoms with Gasteiger partial charge in [-0.3, -0.25) is 4.79 Å². The quantitative estimate of drug-likeness (QED) is 0.711. The summed E-state index contributed by atoms with van der Waals surface area (Å²) in [6.45, 7) is 5.83. The highest BCUT2D eigenvalue weighted by Gasteiger charge is 2.70. The van der Waals surface area contributed by atoms with E-state index in [0.29, 0.717) is 25.7 Å². The molecule has 2 bridgehead atoms. The second-order valence-electron chi connectivity index (χ2n) is 7.56. The van der Waals surface area contributed by atoms with Crippen LogP contribution in [0.25, 0.3) is 0 Å². The lowest BCUT2D eigenvalue weighted by atomic mass is 9.44. The average Bonchev–Trinajstić information content (AvgIpc) is 2.42. The van der Waals surface area contributed by atoms with Gasteiger partial charge in [-0.1, -0.05) is 13.8 Å². The Hall–Kier alpha value is -0.490. The molecule has 2 N–H and O–H groups in total. The van der Waals surface area contributed by atoms with Crippen LogP contribution in [0.2, 0.25) is 0 Å². The van der Waals surface area contributed by atoms with Crippen molar-refractivity contribution in [2.45, 2.75) is 70.2 Å². The standard InChI is InChI=1S/C15H24O5/c1-12(2)5-4-10(17)13(3)15(12)7-6-14(18,9-16)11(8-15)19-20-13/h11,16,18H,4-9H2,1-3H3/t11-,13-,14-,15+/m1/s1. The number of hydrogen-bond donors (Lipinski definition) is 2. The van der Waals surface area contributed by atoms with E-state index in [1.165, 1.54) is 0 Å². The predicted molar refractivity (Wildman–Crippen MR) is 70.7 cm³/mol. The summed E-state index contributed by atoms with van der Waals surface area (Å²) >= 11 is 0. The minimum Gasteiger partial charge on any atom is -0.393 e. The van der Waals surface area contributed by atoms with Crippen molar-refractivity contribution in [2.75, 3.05) is 6.61 Å². The molecule has 0 radical (unpaired) electrons. The molecule has 0 aromatic carbocycles. The first-order chi connectivity index (χ1) is 9.21. The largest absolute Gasteiger partial charge is 0.393 e. The van der Waals surface area contributed by atoms with Crippen molar-refractivity contribution < 1.29 is 24.8 Å². The lowest BCUT2D eigenvalue weighted by Gasteiger charge is -2.65. The van der Waals surface area contributed by atoms with Crippen molar-refractivity contribution in [1.29, 1.82) is 0 Å². The molecule has 4 atom stereocenters. The summed E-state index contributed by atoms with van der Waals surface area (Å²) in [5.74, 6) is 0.0877. The predicted octanol–water partition coefficient (Wildman–Crippen LogP) is 1.36. The van der Waals surface area contributed by atoms with Crippen LogP contribution >= 0.6 is 0 Å². The molecule has 0 amide bonds. The molecule has 114 valence electrons. The molecule has 1 aliphatic heterocycles. The molecular weight excluding hydrogens is 260 g/mol. The number of aliphatic hydroxyl groups is 2. The van der Waals surface area contributed by atoms with Gasteiger partial charge in [0.1, 0.15) is 11.7 Å². The number of aliphatic hydroxyl groups excluding tert-OH is 1. The molecule has 0 unspecified atom stereocenters. The lowest BCUT2D eigenvalue weighted by molar-refractivity contribution is -0.468. The molecule has 5 nitrogen and oxygen atoms in total. The first-order valence-corrected chi connectivity index (χ1v) is 7.42. The van der Waals surface area contributed by atoms with Crippen molar-refractivity contribution in [3.63, 3.8) is 0 Å². The summed E-state index contributed by atoms with van der Waals surface area (Å²) in [7, 11) is 0. The molecule has 3 fully saturated rings. The Morgan fingerprint density at radius 3 is 2.60 bits per heavy atom. The second-order valence-corrected chi connectivity index (χ2v) is 7.56. The van der Waals surface area contributed by atoms with E-state index in [9.17, 15) is 15.0 Å². The zero-order valence-corrected chi connectivity index (χ0v) is 12.4. The number of fused-ring (bicyclic) bond motifs is 1. The van der Waals surface area contributed by atoms with E-state index in [2.05, 4.69) is 13.8 Å². The van der Waals surface area contributed by atoms with Crippen LogP contribution in [0.15, 0.2) is 0 Å². The third-order valence-electron chi connectivity index (χ3n) is 6.44. The van der Waals surface area contributed by atoms with E-state index in [1.54, 1.807) is 0 Å². The molecule has 1 heterocycles. The van der Waals surface area contributed by atoms with E-state index in [0.717, 1.165) is 6.42 Å². The summed E-state index contributed by atoms with van der Waals surface area (Å²) < 4.78 is 0. The highest BCUT2D eigenvalue weighted by molar-refractivity contribution is 5.89. The van der Waals surface area contributed by atoms with Gasteiger partial charge in [0.15, 0.2) is 11.4 Å². The van der Waals surface area contributed by atoms with Crippen LogP contribution in [0.5, 0.6) is 0 Å². The third kappa shape index (κ3) is 1.49. The van der Waals surface area contributed by atoms with E-state index >= 15 is 0 Å². The van der Waals surface area contributed by atoms with E-state index in [4.69, 9.17) is 9.78 Å². The Labute approximate surface area is 119 Å². The normalized spacial score (nSPS) is 50.6. The minimum absolute atomic E-state index is 0.0610. The van der Waals surface area contributed by atoms with Crippen molar-refractivity contribution >= 4 is 5.78 Å². The highest BCUT2D eigenvalue weighted by atomic mass is 17.2. The first-order valence-electron chi connectivity index (χ1n) is 7.42. The summed E-state index contributed by atoms with van der Waals surface area (Å²) in [4.78, 5) is 23.4. The van der Waals surface area contributed by atoms with Crippen molar-refractivity contribution in [3.8, 4) is 0 Å². The average molecular weight is 284 g/mol. The van der Waals surface area contributed by atoms with Crippen LogP contribution < -0.4 is 0 Å². The third-order valence-corrected chi connectivity index (χ3v) is 6.44. The summed E-state index contributed by atoms with van der Waals surface area (Å²) in [5, 5.41) is 19.9. The van der Waals surface area contributed by atoms with Gasteiger partial charge >= 0.3 is 0 Å². The zero-order valence-electron chi connectivity index (χ0n) is 12.4. The molecule has 2 saturated carbocycles. The number of carbonyl (C=O) groups is 1. The molecule has 5 heteroatoms. The van der Waals surface area contributed by atoms with Crippen LogP contribution in [0.4, 0.5) is 0 Å². The van der Waals surface area contributed by atoms with Gasteiger partial charge in [0.05, 0.1) is 6.61 Å². The fourth-order valence-corrected chi connectivity index (χ4v) is 4.65. The highest BCUT2D eigenvalue weighted by Crippen LogP contribution is 2.65. The molecular formula is C15H24O5. The van der Waals surface area contributed by atoms with Crippen molar-refractivity contribution in [2.24, 2.45) is 10.8 Å². The SMILES string of the molecule is CC1(C)CCC(=O)[C@@]2(C)OO[C@@H]3C[C@@]12CC[C@@]3(O)CO. The monoisotopic (exact) mass is 284 g/mol. The molecule has 3 aliphatic rings. The van der Waals surface area contributed by atoms with Gasteiger partial charge < -0.3 is 10.2 Å². The first kappa shape index (κ1) is 14.4. The number of rotatable bonds is 1. The topological polar surface area (TPSA) is 76.0 Å². The van der Waals surface area contributed by atoms with Crippen LogP contribution in [-0.2, 0) is 14.6 Å². The number of ketones is 1. The Balaban J connectivity index is 2.06. The number of Topliss-reactive ketones (excluding diaryl/α,β-unsaturated/α-hetero) is 1. The van der Waals surface area contributed by atoms with Crippen molar-refractivity contribution in [1.82, 2.24) is 0 Å². The molecule has 0 aromatic heterocycles. The van der Waals surface area contributed by atoms with Gasteiger partial charge in [-0.2, -0.15) is 0 Å².